The number of nitriles is 1. The van der Waals surface area contributed by atoms with Crippen LogP contribution >= 0.6 is 0 Å². The molecule has 2 rings (SSSR count). The van der Waals surface area contributed by atoms with Crippen molar-refractivity contribution in [2.45, 2.75) is 32.9 Å². The Balaban J connectivity index is 2.07. The van der Waals surface area contributed by atoms with Crippen molar-refractivity contribution in [2.24, 2.45) is 0 Å². The first-order valence-electron chi connectivity index (χ1n) is 6.15. The van der Waals surface area contributed by atoms with Gasteiger partial charge in [0.1, 0.15) is 11.8 Å². The van der Waals surface area contributed by atoms with E-state index in [1.54, 1.807) is 6.07 Å². The molecule has 5 heteroatoms. The number of hydrogen-bond donors (Lipinski definition) is 1. The Hall–Kier alpha value is -2.35. The lowest BCUT2D eigenvalue weighted by Gasteiger charge is -2.17. The minimum atomic E-state index is -0.0736. The second-order valence-corrected chi connectivity index (χ2v) is 5.34. The van der Waals surface area contributed by atoms with Gasteiger partial charge in [-0.2, -0.15) is 5.26 Å². The molecule has 1 heterocycles. The Morgan fingerprint density at radius 3 is 2.68 bits per heavy atom. The Bertz CT molecular complexity index is 601. The third-order valence-corrected chi connectivity index (χ3v) is 2.74. The van der Waals surface area contributed by atoms with Crippen molar-refractivity contribution in [3.8, 4) is 6.07 Å². The Morgan fingerprint density at radius 1 is 1.32 bits per heavy atom. The fraction of sp³-hybridized carbons (Fsp3) is 0.357. The van der Waals surface area contributed by atoms with E-state index < -0.39 is 0 Å². The van der Waals surface area contributed by atoms with E-state index in [1.807, 2.05) is 29.1 Å². The number of rotatable bonds is 3. The van der Waals surface area contributed by atoms with Crippen molar-refractivity contribution < 1.29 is 0 Å². The van der Waals surface area contributed by atoms with Crippen LogP contribution in [0.4, 0.5) is 5.69 Å². The first-order chi connectivity index (χ1) is 9.00. The van der Waals surface area contributed by atoms with Crippen LogP contribution in [0.3, 0.4) is 0 Å². The van der Waals surface area contributed by atoms with Crippen molar-refractivity contribution in [3.63, 3.8) is 0 Å². The molecule has 1 aromatic carbocycles. The van der Waals surface area contributed by atoms with Gasteiger partial charge in [0.2, 0.25) is 0 Å². The number of anilines is 1. The first kappa shape index (κ1) is 13.1. The molecule has 2 aromatic rings. The van der Waals surface area contributed by atoms with Gasteiger partial charge in [0.25, 0.3) is 0 Å². The molecule has 0 saturated carbocycles. The molecular formula is C14H17N5. The number of hydrogen-bond acceptors (Lipinski definition) is 4. The van der Waals surface area contributed by atoms with Gasteiger partial charge in [0, 0.05) is 0 Å². The quantitative estimate of drug-likeness (QED) is 0.915. The minimum absolute atomic E-state index is 0.0736. The highest BCUT2D eigenvalue weighted by Gasteiger charge is 2.14. The van der Waals surface area contributed by atoms with Crippen LogP contribution in [0.5, 0.6) is 0 Å². The topological polar surface area (TPSA) is 66.5 Å². The van der Waals surface area contributed by atoms with Gasteiger partial charge in [-0.1, -0.05) is 17.3 Å². The summed E-state index contributed by atoms with van der Waals surface area (Å²) in [5.74, 6) is 0. The maximum atomic E-state index is 9.00. The standard InChI is InChI=1S/C14H17N5/c1-14(2,3)19-10-12(17-18-19)9-16-13-7-5-4-6-11(13)8-15/h4-7,10,16H,9H2,1-3H3. The second kappa shape index (κ2) is 5.11. The molecule has 0 saturated heterocycles. The molecule has 19 heavy (non-hydrogen) atoms. The zero-order valence-electron chi connectivity index (χ0n) is 11.4. The van der Waals surface area contributed by atoms with Crippen LogP contribution in [-0.4, -0.2) is 15.0 Å². The van der Waals surface area contributed by atoms with Gasteiger partial charge in [0.05, 0.1) is 29.5 Å². The highest BCUT2D eigenvalue weighted by Crippen LogP contribution is 2.15. The SMILES string of the molecule is CC(C)(C)n1cc(CNc2ccccc2C#N)nn1. The molecule has 0 unspecified atom stereocenters. The molecule has 0 aliphatic carbocycles. The van der Waals surface area contributed by atoms with Crippen LogP contribution in [0.15, 0.2) is 30.5 Å². The van der Waals surface area contributed by atoms with E-state index in [0.29, 0.717) is 12.1 Å². The minimum Gasteiger partial charge on any atom is -0.378 e. The molecule has 5 nitrogen and oxygen atoms in total. The molecule has 1 N–H and O–H groups in total. The first-order valence-corrected chi connectivity index (χ1v) is 6.15. The summed E-state index contributed by atoms with van der Waals surface area (Å²) in [6, 6.07) is 9.57. The van der Waals surface area contributed by atoms with E-state index in [0.717, 1.165) is 11.4 Å². The van der Waals surface area contributed by atoms with E-state index in [1.165, 1.54) is 0 Å². The van der Waals surface area contributed by atoms with Crippen LogP contribution in [0.1, 0.15) is 32.0 Å². The molecular weight excluding hydrogens is 238 g/mol. The van der Waals surface area contributed by atoms with Crippen LogP contribution in [0, 0.1) is 11.3 Å². The van der Waals surface area contributed by atoms with Crippen LogP contribution < -0.4 is 5.32 Å². The average molecular weight is 255 g/mol. The molecule has 0 amide bonds. The monoisotopic (exact) mass is 255 g/mol. The highest BCUT2D eigenvalue weighted by molar-refractivity contribution is 5.57. The third kappa shape index (κ3) is 3.10. The van der Waals surface area contributed by atoms with Crippen molar-refractivity contribution in [2.75, 3.05) is 5.32 Å². The molecule has 0 radical (unpaired) electrons. The summed E-state index contributed by atoms with van der Waals surface area (Å²) in [7, 11) is 0. The average Bonchev–Trinajstić information content (AvgIpc) is 2.85. The van der Waals surface area contributed by atoms with Crippen LogP contribution in [-0.2, 0) is 12.1 Å². The van der Waals surface area contributed by atoms with Gasteiger partial charge in [-0.25, -0.2) is 4.68 Å². The molecule has 98 valence electrons. The summed E-state index contributed by atoms with van der Waals surface area (Å²) >= 11 is 0. The van der Waals surface area contributed by atoms with E-state index in [9.17, 15) is 0 Å². The lowest BCUT2D eigenvalue weighted by molar-refractivity contribution is 0.347. The summed E-state index contributed by atoms with van der Waals surface area (Å²) in [4.78, 5) is 0. The van der Waals surface area contributed by atoms with Crippen LogP contribution in [0.25, 0.3) is 0 Å². The second-order valence-electron chi connectivity index (χ2n) is 5.34. The van der Waals surface area contributed by atoms with Crippen LogP contribution in [0.2, 0.25) is 0 Å². The molecule has 0 atom stereocenters. The van der Waals surface area contributed by atoms with E-state index in [4.69, 9.17) is 5.26 Å². The Labute approximate surface area is 112 Å². The number of aromatic nitrogens is 3. The van der Waals surface area contributed by atoms with E-state index in [2.05, 4.69) is 42.5 Å². The van der Waals surface area contributed by atoms with Gasteiger partial charge in [0.15, 0.2) is 0 Å². The summed E-state index contributed by atoms with van der Waals surface area (Å²) in [5, 5.41) is 20.4. The smallest absolute Gasteiger partial charge is 0.102 e. The molecule has 0 aliphatic heterocycles. The van der Waals surface area contributed by atoms with Gasteiger partial charge in [-0.3, -0.25) is 0 Å². The molecule has 0 bridgehead atoms. The predicted octanol–water partition coefficient (Wildman–Crippen LogP) is 2.52. The van der Waals surface area contributed by atoms with Gasteiger partial charge >= 0.3 is 0 Å². The van der Waals surface area contributed by atoms with Gasteiger partial charge < -0.3 is 5.32 Å². The Kier molecular flexibility index (Phi) is 3.52. The summed E-state index contributed by atoms with van der Waals surface area (Å²) < 4.78 is 1.83. The van der Waals surface area contributed by atoms with Gasteiger partial charge in [-0.05, 0) is 32.9 Å². The van der Waals surface area contributed by atoms with E-state index in [-0.39, 0.29) is 5.54 Å². The summed E-state index contributed by atoms with van der Waals surface area (Å²) in [6.45, 7) is 6.77. The molecule has 0 spiro atoms. The predicted molar refractivity (Wildman–Crippen MR) is 73.5 cm³/mol. The molecule has 0 aliphatic rings. The maximum Gasteiger partial charge on any atom is 0.102 e. The third-order valence-electron chi connectivity index (χ3n) is 2.74. The number of para-hydroxylation sites is 1. The van der Waals surface area contributed by atoms with Gasteiger partial charge in [-0.15, -0.1) is 5.10 Å². The fourth-order valence-electron chi connectivity index (χ4n) is 1.63. The summed E-state index contributed by atoms with van der Waals surface area (Å²) in [6.07, 6.45) is 1.92. The largest absolute Gasteiger partial charge is 0.378 e. The number of benzene rings is 1. The Morgan fingerprint density at radius 2 is 2.05 bits per heavy atom. The lowest BCUT2D eigenvalue weighted by Crippen LogP contribution is -2.22. The van der Waals surface area contributed by atoms with Crippen molar-refractivity contribution in [1.82, 2.24) is 15.0 Å². The molecule has 1 aromatic heterocycles. The molecule has 0 fully saturated rings. The highest BCUT2D eigenvalue weighted by atomic mass is 15.4. The van der Waals surface area contributed by atoms with Crippen molar-refractivity contribution in [1.29, 1.82) is 5.26 Å². The lowest BCUT2D eigenvalue weighted by atomic mass is 10.1. The maximum absolute atomic E-state index is 9.00. The number of nitrogens with zero attached hydrogens (tertiary/aromatic N) is 4. The number of nitrogens with one attached hydrogen (secondary N) is 1. The zero-order chi connectivity index (χ0) is 13.9. The van der Waals surface area contributed by atoms with E-state index >= 15 is 0 Å². The fourth-order valence-corrected chi connectivity index (χ4v) is 1.63. The zero-order valence-corrected chi connectivity index (χ0v) is 11.4. The summed E-state index contributed by atoms with van der Waals surface area (Å²) in [5.41, 5.74) is 2.22. The van der Waals surface area contributed by atoms with Crippen molar-refractivity contribution >= 4 is 5.69 Å². The normalized spacial score (nSPS) is 11.1. The van der Waals surface area contributed by atoms with Crippen molar-refractivity contribution in [3.05, 3.63) is 41.7 Å².